The summed E-state index contributed by atoms with van der Waals surface area (Å²) in [7, 11) is 6.39. The van der Waals surface area contributed by atoms with E-state index in [2.05, 4.69) is 21.3 Å². The summed E-state index contributed by atoms with van der Waals surface area (Å²) in [6.45, 7) is 1.41. The van der Waals surface area contributed by atoms with Crippen LogP contribution in [0.5, 0.6) is 23.0 Å². The molecule has 5 aromatic rings. The van der Waals surface area contributed by atoms with Gasteiger partial charge in [0, 0.05) is 63.5 Å². The molecule has 7 rings (SSSR count). The molecule has 4 N–H and O–H groups in total. The zero-order valence-electron chi connectivity index (χ0n) is 41.3. The Balaban J connectivity index is 0.992. The first kappa shape index (κ1) is 52.0. The first-order valence-electron chi connectivity index (χ1n) is 24.3. The summed E-state index contributed by atoms with van der Waals surface area (Å²) in [6.07, 6.45) is 2.24. The molecule has 16 nitrogen and oxygen atoms in total. The summed E-state index contributed by atoms with van der Waals surface area (Å²) in [6, 6.07) is 36.4. The number of rotatable bonds is 22. The van der Waals surface area contributed by atoms with Crippen molar-refractivity contribution in [1.82, 2.24) is 31.1 Å². The number of nitrogens with zero attached hydrogens (tertiary/aromatic N) is 2. The highest BCUT2D eigenvalue weighted by Crippen LogP contribution is 2.29. The van der Waals surface area contributed by atoms with Crippen LogP contribution in [-0.4, -0.2) is 126 Å². The molecule has 0 aromatic heterocycles. The minimum absolute atomic E-state index is 0.0192. The van der Waals surface area contributed by atoms with Gasteiger partial charge < -0.3 is 50.0 Å². The molecule has 2 aliphatic heterocycles. The van der Waals surface area contributed by atoms with Gasteiger partial charge in [0.1, 0.15) is 23.0 Å². The summed E-state index contributed by atoms with van der Waals surface area (Å²) < 4.78 is 21.0. The maximum atomic E-state index is 14.1. The maximum absolute atomic E-state index is 14.1. The molecular formula is C56H64N6O10. The van der Waals surface area contributed by atoms with Crippen LogP contribution in [-0.2, 0) is 44.9 Å². The number of carbonyl (C=O) groups excluding carboxylic acids is 6. The number of benzene rings is 5. The van der Waals surface area contributed by atoms with Crippen LogP contribution in [0.25, 0.3) is 0 Å². The monoisotopic (exact) mass is 980 g/mol. The third-order valence-corrected chi connectivity index (χ3v) is 13.4. The highest BCUT2D eigenvalue weighted by Gasteiger charge is 2.45. The molecule has 0 bridgehead atoms. The molecule has 0 radical (unpaired) electrons. The predicted octanol–water partition coefficient (Wildman–Crippen LogP) is 4.53. The topological polar surface area (TPSA) is 194 Å². The van der Waals surface area contributed by atoms with Gasteiger partial charge >= 0.3 is 0 Å². The lowest BCUT2D eigenvalue weighted by Gasteiger charge is -2.18. The second kappa shape index (κ2) is 25.3. The summed E-state index contributed by atoms with van der Waals surface area (Å²) in [5, 5.41) is 11.9. The summed E-state index contributed by atoms with van der Waals surface area (Å²) >= 11 is 0. The lowest BCUT2D eigenvalue weighted by molar-refractivity contribution is -0.132. The number of carbonyl (C=O) groups is 6. The fourth-order valence-corrected chi connectivity index (χ4v) is 9.14. The molecule has 0 unspecified atom stereocenters. The molecular weight excluding hydrogens is 917 g/mol. The molecule has 16 heteroatoms. The van der Waals surface area contributed by atoms with Crippen LogP contribution < -0.4 is 40.2 Å². The summed E-state index contributed by atoms with van der Waals surface area (Å²) in [5.74, 6) is -2.38. The summed E-state index contributed by atoms with van der Waals surface area (Å²) in [4.78, 5) is 86.4. The van der Waals surface area contributed by atoms with E-state index in [9.17, 15) is 28.8 Å². The Morgan fingerprint density at radius 2 is 0.569 bits per heavy atom. The Morgan fingerprint density at radius 3 is 0.764 bits per heavy atom. The van der Waals surface area contributed by atoms with E-state index in [-0.39, 0.29) is 60.9 Å². The standard InChI is InChI=1S/C56H64N6O10/c1-69-43-17-5-37(6-18-43)25-29-57-51(63)47-33-61(34-48(47)52(64)58-30-26-38-7-19-44(70-2)20-8-38)55(67)41-13-15-42(16-14-41)56(68)62-35-49(53(65)59-31-27-39-9-21-45(71-3)22-10-39)50(36-62)54(66)60-32-28-40-11-23-46(72-4)24-12-40/h5-24,47-50H,25-36H2,1-4H3,(H,57,63)(H,58,64)(H,59,65)(H,60,66)/t47-,48-,49-,50-/m1/s1. The van der Waals surface area contributed by atoms with Gasteiger partial charge in [0.2, 0.25) is 23.6 Å². The van der Waals surface area contributed by atoms with Crippen LogP contribution in [0, 0.1) is 23.7 Å². The molecule has 5 aromatic carbocycles. The van der Waals surface area contributed by atoms with Crippen molar-refractivity contribution in [3.63, 3.8) is 0 Å². The maximum Gasteiger partial charge on any atom is 0.253 e. The third-order valence-electron chi connectivity index (χ3n) is 13.4. The van der Waals surface area contributed by atoms with E-state index in [1.807, 2.05) is 97.1 Å². The molecule has 0 saturated carbocycles. The average molecular weight is 981 g/mol. The van der Waals surface area contributed by atoms with E-state index in [0.29, 0.717) is 51.9 Å². The van der Waals surface area contributed by atoms with Crippen molar-refractivity contribution in [2.45, 2.75) is 25.7 Å². The second-order valence-electron chi connectivity index (χ2n) is 18.0. The number of hydrogen-bond donors (Lipinski definition) is 4. The lowest BCUT2D eigenvalue weighted by Crippen LogP contribution is -2.42. The Hall–Kier alpha value is -7.88. The van der Waals surface area contributed by atoms with Crippen molar-refractivity contribution < 1.29 is 47.7 Å². The first-order valence-corrected chi connectivity index (χ1v) is 24.3. The molecule has 2 saturated heterocycles. The molecule has 2 heterocycles. The lowest BCUT2D eigenvalue weighted by atomic mass is 9.94. The van der Waals surface area contributed by atoms with Crippen molar-refractivity contribution in [3.05, 3.63) is 155 Å². The molecule has 6 amide bonds. The number of amides is 6. The molecule has 2 fully saturated rings. The number of ether oxygens (including phenoxy) is 4. The van der Waals surface area contributed by atoms with Gasteiger partial charge in [-0.15, -0.1) is 0 Å². The van der Waals surface area contributed by atoms with Gasteiger partial charge in [0.15, 0.2) is 0 Å². The molecule has 0 spiro atoms. The Bertz CT molecular complexity index is 2300. The highest BCUT2D eigenvalue weighted by atomic mass is 16.5. The van der Waals surface area contributed by atoms with E-state index in [4.69, 9.17) is 18.9 Å². The number of likely N-dealkylation sites (tertiary alicyclic amines) is 2. The smallest absolute Gasteiger partial charge is 0.253 e. The zero-order valence-corrected chi connectivity index (χ0v) is 41.3. The average Bonchev–Trinajstić information content (AvgIpc) is 4.08. The van der Waals surface area contributed by atoms with E-state index in [0.717, 1.165) is 45.3 Å². The van der Waals surface area contributed by atoms with Gasteiger partial charge in [-0.05, 0) is 121 Å². The highest BCUT2D eigenvalue weighted by molar-refractivity contribution is 6.00. The van der Waals surface area contributed by atoms with Crippen LogP contribution in [0.4, 0.5) is 0 Å². The van der Waals surface area contributed by atoms with E-state index in [1.165, 1.54) is 9.80 Å². The van der Waals surface area contributed by atoms with Crippen molar-refractivity contribution in [1.29, 1.82) is 0 Å². The van der Waals surface area contributed by atoms with Gasteiger partial charge in [0.05, 0.1) is 52.1 Å². The zero-order chi connectivity index (χ0) is 51.0. The van der Waals surface area contributed by atoms with Gasteiger partial charge in [-0.2, -0.15) is 0 Å². The van der Waals surface area contributed by atoms with Crippen LogP contribution >= 0.6 is 0 Å². The molecule has 2 aliphatic rings. The van der Waals surface area contributed by atoms with Gasteiger partial charge in [-0.3, -0.25) is 28.8 Å². The number of hydrogen-bond acceptors (Lipinski definition) is 10. The van der Waals surface area contributed by atoms with Crippen molar-refractivity contribution >= 4 is 35.4 Å². The molecule has 378 valence electrons. The molecule has 0 aliphatic carbocycles. The minimum atomic E-state index is -0.804. The SMILES string of the molecule is COc1ccc(CCNC(=O)[C@@H]2CN(C(=O)c3ccc(C(=O)N4C[C@@H](C(=O)NCCc5ccc(OC)cc5)[C@H](C(=O)NCCc5ccc(OC)cc5)C4)cc3)C[C@H]2C(=O)NCCc2ccc(OC)cc2)cc1. The van der Waals surface area contributed by atoms with Crippen molar-refractivity contribution in [2.24, 2.45) is 23.7 Å². The fourth-order valence-electron chi connectivity index (χ4n) is 9.14. The first-order chi connectivity index (χ1) is 35.0. The van der Waals surface area contributed by atoms with E-state index in [1.54, 1.807) is 52.7 Å². The van der Waals surface area contributed by atoms with Crippen molar-refractivity contribution in [3.8, 4) is 23.0 Å². The van der Waals surface area contributed by atoms with Crippen molar-refractivity contribution in [2.75, 3.05) is 80.8 Å². The second-order valence-corrected chi connectivity index (χ2v) is 18.0. The van der Waals surface area contributed by atoms with Crippen LogP contribution in [0.15, 0.2) is 121 Å². The predicted molar refractivity (Wildman–Crippen MR) is 271 cm³/mol. The quantitative estimate of drug-likeness (QED) is 0.0766. The molecule has 72 heavy (non-hydrogen) atoms. The third kappa shape index (κ3) is 13.7. The largest absolute Gasteiger partial charge is 0.497 e. The minimum Gasteiger partial charge on any atom is -0.497 e. The summed E-state index contributed by atoms with van der Waals surface area (Å²) in [5.41, 5.74) is 4.56. The number of nitrogens with one attached hydrogen (secondary N) is 4. The van der Waals surface area contributed by atoms with Gasteiger partial charge in [-0.25, -0.2) is 0 Å². The normalized spacial score (nSPS) is 17.1. The Labute approximate surface area is 420 Å². The van der Waals surface area contributed by atoms with E-state index >= 15 is 0 Å². The van der Waals surface area contributed by atoms with Crippen LogP contribution in [0.3, 0.4) is 0 Å². The number of methoxy groups -OCH3 is 4. The fraction of sp³-hybridized carbons (Fsp3) is 0.357. The van der Waals surface area contributed by atoms with E-state index < -0.39 is 35.5 Å². The van der Waals surface area contributed by atoms with Crippen LogP contribution in [0.2, 0.25) is 0 Å². The van der Waals surface area contributed by atoms with Gasteiger partial charge in [0.25, 0.3) is 11.8 Å². The Morgan fingerprint density at radius 1 is 0.361 bits per heavy atom. The van der Waals surface area contributed by atoms with Gasteiger partial charge in [-0.1, -0.05) is 48.5 Å². The van der Waals surface area contributed by atoms with Crippen LogP contribution in [0.1, 0.15) is 43.0 Å². The molecule has 4 atom stereocenters. The Kier molecular flexibility index (Phi) is 18.3.